The SMILES string of the molecule is CON(C)S(=O)(=O)c1ccc(C(=O)NCC(=O)Nc2ccc(-n3cccn3)cc2)cc1. The fraction of sp³-hybridized carbons (Fsp3) is 0.150. The number of sulfonamides is 1. The number of hydroxylamine groups is 1. The first-order chi connectivity index (χ1) is 14.8. The van der Waals surface area contributed by atoms with Crippen LogP contribution in [0.25, 0.3) is 5.69 Å². The Bertz CT molecular complexity index is 1140. The molecular formula is C20H21N5O5S. The lowest BCUT2D eigenvalue weighted by molar-refractivity contribution is -0.115. The number of rotatable bonds is 8. The first kappa shape index (κ1) is 22.2. The zero-order valence-electron chi connectivity index (χ0n) is 16.8. The van der Waals surface area contributed by atoms with E-state index in [1.54, 1.807) is 41.3 Å². The smallest absolute Gasteiger partial charge is 0.264 e. The van der Waals surface area contributed by atoms with Gasteiger partial charge in [-0.2, -0.15) is 5.10 Å². The van der Waals surface area contributed by atoms with E-state index in [0.29, 0.717) is 10.2 Å². The third kappa shape index (κ3) is 5.34. The van der Waals surface area contributed by atoms with Crippen LogP contribution in [0.15, 0.2) is 71.9 Å². The van der Waals surface area contributed by atoms with Gasteiger partial charge in [0.25, 0.3) is 15.9 Å². The number of nitrogens with zero attached hydrogens (tertiary/aromatic N) is 3. The van der Waals surface area contributed by atoms with E-state index >= 15 is 0 Å². The maximum absolute atomic E-state index is 12.2. The predicted molar refractivity (Wildman–Crippen MR) is 113 cm³/mol. The van der Waals surface area contributed by atoms with Gasteiger partial charge < -0.3 is 10.6 Å². The minimum atomic E-state index is -3.80. The monoisotopic (exact) mass is 443 g/mol. The molecule has 1 aromatic heterocycles. The second-order valence-electron chi connectivity index (χ2n) is 6.35. The Labute approximate surface area is 179 Å². The van der Waals surface area contributed by atoms with Gasteiger partial charge >= 0.3 is 0 Å². The third-order valence-corrected chi connectivity index (χ3v) is 6.03. The number of nitrogens with one attached hydrogen (secondary N) is 2. The molecule has 3 rings (SSSR count). The molecule has 0 unspecified atom stereocenters. The lowest BCUT2D eigenvalue weighted by atomic mass is 10.2. The van der Waals surface area contributed by atoms with Crippen LogP contribution in [0.5, 0.6) is 0 Å². The van der Waals surface area contributed by atoms with Gasteiger partial charge in [-0.3, -0.25) is 14.4 Å². The first-order valence-corrected chi connectivity index (χ1v) is 10.6. The van der Waals surface area contributed by atoms with Crippen LogP contribution in [0, 0.1) is 0 Å². The molecule has 0 fully saturated rings. The largest absolute Gasteiger partial charge is 0.343 e. The van der Waals surface area contributed by atoms with Crippen molar-refractivity contribution >= 4 is 27.5 Å². The molecule has 0 saturated heterocycles. The Morgan fingerprint density at radius 3 is 2.35 bits per heavy atom. The van der Waals surface area contributed by atoms with Crippen molar-refractivity contribution in [2.45, 2.75) is 4.90 Å². The molecule has 0 aliphatic rings. The van der Waals surface area contributed by atoms with Crippen LogP contribution in [-0.4, -0.2) is 55.2 Å². The molecule has 10 nitrogen and oxygen atoms in total. The Balaban J connectivity index is 1.54. The molecule has 31 heavy (non-hydrogen) atoms. The molecule has 2 amide bonds. The number of hydrogen-bond donors (Lipinski definition) is 2. The average Bonchev–Trinajstić information content (AvgIpc) is 3.32. The second-order valence-corrected chi connectivity index (χ2v) is 8.29. The summed E-state index contributed by atoms with van der Waals surface area (Å²) >= 11 is 0. The van der Waals surface area contributed by atoms with Gasteiger partial charge in [-0.1, -0.05) is 4.47 Å². The molecule has 0 saturated carbocycles. The van der Waals surface area contributed by atoms with Gasteiger partial charge in [-0.15, -0.1) is 0 Å². The molecule has 0 aliphatic heterocycles. The number of hydrogen-bond acceptors (Lipinski definition) is 6. The Kier molecular flexibility index (Phi) is 6.80. The molecule has 3 aromatic rings. The lowest BCUT2D eigenvalue weighted by Crippen LogP contribution is -2.32. The standard InChI is InChI=1S/C20H21N5O5S/c1-24(30-2)31(28,29)18-10-4-15(5-11-18)20(27)21-14-19(26)23-16-6-8-17(9-7-16)25-13-3-12-22-25/h3-13H,14H2,1-2H3,(H,21,27)(H,23,26). The van der Waals surface area contributed by atoms with E-state index in [9.17, 15) is 18.0 Å². The number of benzene rings is 2. The topological polar surface area (TPSA) is 123 Å². The summed E-state index contributed by atoms with van der Waals surface area (Å²) < 4.78 is 26.7. The summed E-state index contributed by atoms with van der Waals surface area (Å²) in [7, 11) is -1.30. The molecule has 0 atom stereocenters. The summed E-state index contributed by atoms with van der Waals surface area (Å²) in [6.45, 7) is -0.244. The third-order valence-electron chi connectivity index (χ3n) is 4.34. The van der Waals surface area contributed by atoms with Gasteiger partial charge in [0.1, 0.15) is 0 Å². The van der Waals surface area contributed by atoms with Crippen LogP contribution in [0.2, 0.25) is 0 Å². The van der Waals surface area contributed by atoms with Gasteiger partial charge in [-0.05, 0) is 54.6 Å². The average molecular weight is 443 g/mol. The number of amides is 2. The van der Waals surface area contributed by atoms with Crippen molar-refractivity contribution in [1.82, 2.24) is 19.6 Å². The highest BCUT2D eigenvalue weighted by molar-refractivity contribution is 7.89. The van der Waals surface area contributed by atoms with Gasteiger partial charge in [-0.25, -0.2) is 13.1 Å². The maximum Gasteiger partial charge on any atom is 0.264 e. The van der Waals surface area contributed by atoms with Crippen LogP contribution in [-0.2, 0) is 19.7 Å². The summed E-state index contributed by atoms with van der Waals surface area (Å²) in [6.07, 6.45) is 3.48. The molecule has 0 aliphatic carbocycles. The van der Waals surface area contributed by atoms with Crippen molar-refractivity contribution in [3.05, 3.63) is 72.6 Å². The first-order valence-electron chi connectivity index (χ1n) is 9.12. The Morgan fingerprint density at radius 1 is 1.10 bits per heavy atom. The summed E-state index contributed by atoms with van der Waals surface area (Å²) in [5, 5.41) is 9.31. The number of anilines is 1. The Morgan fingerprint density at radius 2 is 1.77 bits per heavy atom. The molecule has 11 heteroatoms. The highest BCUT2D eigenvalue weighted by atomic mass is 32.2. The van der Waals surface area contributed by atoms with Crippen LogP contribution < -0.4 is 10.6 Å². The van der Waals surface area contributed by atoms with E-state index < -0.39 is 21.8 Å². The van der Waals surface area contributed by atoms with E-state index in [4.69, 9.17) is 4.84 Å². The molecule has 0 radical (unpaired) electrons. The predicted octanol–water partition coefficient (Wildman–Crippen LogP) is 1.42. The summed E-state index contributed by atoms with van der Waals surface area (Å²) in [5.74, 6) is -0.908. The van der Waals surface area contributed by atoms with Gasteiger partial charge in [0.2, 0.25) is 5.91 Å². The molecule has 1 heterocycles. The van der Waals surface area contributed by atoms with Crippen molar-refractivity contribution in [1.29, 1.82) is 0 Å². The van der Waals surface area contributed by atoms with Crippen LogP contribution >= 0.6 is 0 Å². The molecule has 0 spiro atoms. The molecule has 162 valence electrons. The van der Waals surface area contributed by atoms with Gasteiger partial charge in [0, 0.05) is 30.7 Å². The minimum absolute atomic E-state index is 0.0234. The fourth-order valence-electron chi connectivity index (χ4n) is 2.61. The number of aromatic nitrogens is 2. The number of carbonyl (C=O) groups excluding carboxylic acids is 2. The zero-order valence-corrected chi connectivity index (χ0v) is 17.7. The van der Waals surface area contributed by atoms with Gasteiger partial charge in [0.05, 0.1) is 24.2 Å². The number of carbonyl (C=O) groups is 2. The summed E-state index contributed by atoms with van der Waals surface area (Å²) in [6, 6.07) is 14.2. The molecular weight excluding hydrogens is 422 g/mol. The highest BCUT2D eigenvalue weighted by Gasteiger charge is 2.21. The van der Waals surface area contributed by atoms with Crippen molar-refractivity contribution in [2.75, 3.05) is 26.0 Å². The highest BCUT2D eigenvalue weighted by Crippen LogP contribution is 2.15. The van der Waals surface area contributed by atoms with E-state index in [2.05, 4.69) is 15.7 Å². The normalized spacial score (nSPS) is 11.3. The van der Waals surface area contributed by atoms with Crippen molar-refractivity contribution < 1.29 is 22.8 Å². The second kappa shape index (κ2) is 9.51. The summed E-state index contributed by atoms with van der Waals surface area (Å²) in [5.41, 5.74) is 1.64. The van der Waals surface area contributed by atoms with Crippen LogP contribution in [0.1, 0.15) is 10.4 Å². The quantitative estimate of drug-likeness (QED) is 0.508. The fourth-order valence-corrected chi connectivity index (χ4v) is 3.58. The van der Waals surface area contributed by atoms with Gasteiger partial charge in [0.15, 0.2) is 0 Å². The zero-order chi connectivity index (χ0) is 22.4. The van der Waals surface area contributed by atoms with E-state index in [-0.39, 0.29) is 17.0 Å². The maximum atomic E-state index is 12.2. The van der Waals surface area contributed by atoms with E-state index in [1.807, 2.05) is 6.07 Å². The summed E-state index contributed by atoms with van der Waals surface area (Å²) in [4.78, 5) is 29.0. The minimum Gasteiger partial charge on any atom is -0.343 e. The molecule has 2 aromatic carbocycles. The van der Waals surface area contributed by atoms with Crippen molar-refractivity contribution in [3.8, 4) is 5.69 Å². The van der Waals surface area contributed by atoms with Crippen molar-refractivity contribution in [3.63, 3.8) is 0 Å². The molecule has 2 N–H and O–H groups in total. The Hall–Kier alpha value is -3.54. The molecule has 0 bridgehead atoms. The van der Waals surface area contributed by atoms with Crippen LogP contribution in [0.4, 0.5) is 5.69 Å². The van der Waals surface area contributed by atoms with E-state index in [0.717, 1.165) is 5.69 Å². The van der Waals surface area contributed by atoms with Crippen molar-refractivity contribution in [2.24, 2.45) is 0 Å². The van der Waals surface area contributed by atoms with E-state index in [1.165, 1.54) is 38.4 Å². The van der Waals surface area contributed by atoms with Crippen LogP contribution in [0.3, 0.4) is 0 Å². The lowest BCUT2D eigenvalue weighted by Gasteiger charge is -2.14.